The highest BCUT2D eigenvalue weighted by Crippen LogP contribution is 2.20. The zero-order chi connectivity index (χ0) is 31.9. The van der Waals surface area contributed by atoms with Crippen molar-refractivity contribution in [3.05, 3.63) is 71.8 Å². The lowest BCUT2D eigenvalue weighted by Gasteiger charge is -2.26. The minimum Gasteiger partial charge on any atom is -0.379 e. The van der Waals surface area contributed by atoms with Crippen LogP contribution in [0.4, 0.5) is 0 Å². The minimum atomic E-state index is -3.58. The molecule has 3 aliphatic rings. The van der Waals surface area contributed by atoms with E-state index >= 15 is 0 Å². The van der Waals surface area contributed by atoms with E-state index in [4.69, 9.17) is 9.47 Å². The highest BCUT2D eigenvalue weighted by Gasteiger charge is 2.27. The van der Waals surface area contributed by atoms with Crippen LogP contribution in [0, 0.1) is 0 Å². The smallest absolute Gasteiger partial charge is 0.246 e. The predicted octanol–water partition coefficient (Wildman–Crippen LogP) is 1.52. The average molecular weight is 659 g/mol. The molecule has 0 spiro atoms. The fraction of sp³-hybridized carbons (Fsp3) is 0.419. The molecule has 0 aromatic heterocycles. The van der Waals surface area contributed by atoms with Crippen LogP contribution in [0.2, 0.25) is 0 Å². The van der Waals surface area contributed by atoms with Crippen LogP contribution in [-0.2, 0) is 39.1 Å². The maximum absolute atomic E-state index is 12.9. The summed E-state index contributed by atoms with van der Waals surface area (Å²) in [5.41, 5.74) is 1.40. The van der Waals surface area contributed by atoms with Crippen molar-refractivity contribution in [3.8, 4) is 0 Å². The molecule has 3 heterocycles. The van der Waals surface area contributed by atoms with Gasteiger partial charge in [0, 0.05) is 64.5 Å². The lowest BCUT2D eigenvalue weighted by atomic mass is 10.2. The van der Waals surface area contributed by atoms with Gasteiger partial charge in [-0.1, -0.05) is 24.3 Å². The highest BCUT2D eigenvalue weighted by molar-refractivity contribution is 7.89. The first-order valence-electron chi connectivity index (χ1n) is 14.9. The second-order valence-corrected chi connectivity index (χ2v) is 14.7. The van der Waals surface area contributed by atoms with Gasteiger partial charge in [-0.3, -0.25) is 9.59 Å². The number of sulfonamides is 2. The molecule has 45 heavy (non-hydrogen) atoms. The normalized spacial score (nSPS) is 19.6. The van der Waals surface area contributed by atoms with E-state index in [-0.39, 0.29) is 21.6 Å². The van der Waals surface area contributed by atoms with Gasteiger partial charge < -0.3 is 19.3 Å². The van der Waals surface area contributed by atoms with Crippen LogP contribution >= 0.6 is 0 Å². The molecule has 12 nitrogen and oxygen atoms in total. The van der Waals surface area contributed by atoms with Crippen molar-refractivity contribution in [2.75, 3.05) is 78.8 Å². The second-order valence-electron chi connectivity index (χ2n) is 10.8. The Balaban J connectivity index is 1.11. The number of rotatable bonds is 8. The number of hydrogen-bond donors (Lipinski definition) is 0. The van der Waals surface area contributed by atoms with Crippen LogP contribution in [-0.4, -0.2) is 126 Å². The van der Waals surface area contributed by atoms with E-state index in [9.17, 15) is 26.4 Å². The van der Waals surface area contributed by atoms with Gasteiger partial charge in [0.1, 0.15) is 0 Å². The Hall–Kier alpha value is -3.40. The summed E-state index contributed by atoms with van der Waals surface area (Å²) in [5, 5.41) is 0. The number of morpholine rings is 2. The number of nitrogens with zero attached hydrogens (tertiary/aromatic N) is 4. The molecule has 0 saturated carbocycles. The molecule has 3 fully saturated rings. The van der Waals surface area contributed by atoms with Gasteiger partial charge in [-0.2, -0.15) is 8.61 Å². The Labute approximate surface area is 264 Å². The third-order valence-electron chi connectivity index (χ3n) is 7.93. The molecule has 2 aromatic carbocycles. The number of benzene rings is 2. The topological polar surface area (TPSA) is 134 Å². The molecule has 3 aliphatic heterocycles. The molecule has 2 amide bonds. The second kappa shape index (κ2) is 14.8. The lowest BCUT2D eigenvalue weighted by molar-refractivity contribution is -0.128. The molecule has 0 radical (unpaired) electrons. The fourth-order valence-corrected chi connectivity index (χ4v) is 8.09. The molecular weight excluding hydrogens is 620 g/mol. The molecule has 0 atom stereocenters. The molecule has 5 rings (SSSR count). The monoisotopic (exact) mass is 658 g/mol. The summed E-state index contributed by atoms with van der Waals surface area (Å²) in [4.78, 5) is 29.6. The molecule has 0 N–H and O–H groups in total. The van der Waals surface area contributed by atoms with E-state index in [1.807, 2.05) is 0 Å². The Bertz CT molecular complexity index is 1490. The van der Waals surface area contributed by atoms with Crippen LogP contribution in [0.3, 0.4) is 0 Å². The Morgan fingerprint density at radius 2 is 0.889 bits per heavy atom. The molecule has 0 aliphatic carbocycles. The molecule has 2 aromatic rings. The van der Waals surface area contributed by atoms with Gasteiger partial charge in [-0.15, -0.1) is 0 Å². The van der Waals surface area contributed by atoms with Crippen LogP contribution in [0.1, 0.15) is 17.5 Å². The largest absolute Gasteiger partial charge is 0.379 e. The van der Waals surface area contributed by atoms with Crippen molar-refractivity contribution in [1.82, 2.24) is 18.4 Å². The maximum Gasteiger partial charge on any atom is 0.246 e. The average Bonchev–Trinajstić information content (AvgIpc) is 3.34. The SMILES string of the molecule is O=C(/C=C/c1ccc(S(=O)(=O)N2CCOCC2)cc1)N1CCCN(C(=O)/C=C/c2ccc(S(=O)(=O)N3CCOCC3)cc2)CC1. The van der Waals surface area contributed by atoms with E-state index in [1.165, 1.54) is 20.8 Å². The number of hydrogen-bond acceptors (Lipinski definition) is 8. The standard InChI is InChI=1S/C31H38N4O8S2/c36-30(12-6-26-2-8-28(9-3-26)44(38,39)34-18-22-42-23-19-34)32-14-1-15-33(17-16-32)31(37)13-7-27-4-10-29(11-5-27)45(40,41)35-20-24-43-25-21-35/h2-13H,1,14-25H2/b12-6+,13-7+. The van der Waals surface area contributed by atoms with Crippen LogP contribution in [0.15, 0.2) is 70.5 Å². The number of carbonyl (C=O) groups excluding carboxylic acids is 2. The highest BCUT2D eigenvalue weighted by atomic mass is 32.2. The van der Waals surface area contributed by atoms with Gasteiger partial charge in [0.05, 0.1) is 36.2 Å². The summed E-state index contributed by atoms with van der Waals surface area (Å²) in [6.07, 6.45) is 6.86. The van der Waals surface area contributed by atoms with E-state index in [1.54, 1.807) is 70.5 Å². The van der Waals surface area contributed by atoms with Crippen molar-refractivity contribution in [2.45, 2.75) is 16.2 Å². The van der Waals surface area contributed by atoms with Crippen molar-refractivity contribution in [3.63, 3.8) is 0 Å². The number of carbonyl (C=O) groups is 2. The number of amides is 2. The van der Waals surface area contributed by atoms with Gasteiger partial charge in [-0.05, 0) is 54.0 Å². The third-order valence-corrected chi connectivity index (χ3v) is 11.8. The first-order valence-corrected chi connectivity index (χ1v) is 17.8. The maximum atomic E-state index is 12.9. The zero-order valence-electron chi connectivity index (χ0n) is 25.0. The zero-order valence-corrected chi connectivity index (χ0v) is 26.6. The molecular formula is C31H38N4O8S2. The molecule has 0 unspecified atom stereocenters. The van der Waals surface area contributed by atoms with E-state index in [2.05, 4.69) is 0 Å². The Morgan fingerprint density at radius 1 is 0.533 bits per heavy atom. The van der Waals surface area contributed by atoms with Crippen LogP contribution in [0.5, 0.6) is 0 Å². The molecule has 3 saturated heterocycles. The Morgan fingerprint density at radius 3 is 1.24 bits per heavy atom. The van der Waals surface area contributed by atoms with Crippen LogP contribution < -0.4 is 0 Å². The summed E-state index contributed by atoms with van der Waals surface area (Å²) in [6, 6.07) is 12.8. The van der Waals surface area contributed by atoms with Crippen LogP contribution in [0.25, 0.3) is 12.2 Å². The third kappa shape index (κ3) is 8.26. The van der Waals surface area contributed by atoms with Gasteiger partial charge >= 0.3 is 0 Å². The van der Waals surface area contributed by atoms with Crippen molar-refractivity contribution in [1.29, 1.82) is 0 Å². The lowest BCUT2D eigenvalue weighted by Crippen LogP contribution is -2.40. The quantitative estimate of drug-likeness (QED) is 0.390. The van der Waals surface area contributed by atoms with E-state index in [0.717, 1.165) is 0 Å². The van der Waals surface area contributed by atoms with Crippen molar-refractivity contribution < 1.29 is 35.9 Å². The summed E-state index contributed by atoms with van der Waals surface area (Å²) in [7, 11) is -7.17. The van der Waals surface area contributed by atoms with Gasteiger partial charge in [-0.25, -0.2) is 16.8 Å². The van der Waals surface area contributed by atoms with Gasteiger partial charge in [0.2, 0.25) is 31.9 Å². The Kier molecular flexibility index (Phi) is 10.8. The first kappa shape index (κ1) is 33.0. The fourth-order valence-electron chi connectivity index (χ4n) is 5.28. The summed E-state index contributed by atoms with van der Waals surface area (Å²) < 4.78 is 64.6. The predicted molar refractivity (Wildman–Crippen MR) is 168 cm³/mol. The van der Waals surface area contributed by atoms with E-state index < -0.39 is 20.0 Å². The van der Waals surface area contributed by atoms with Crippen molar-refractivity contribution in [2.24, 2.45) is 0 Å². The number of ether oxygens (including phenoxy) is 2. The summed E-state index contributed by atoms with van der Waals surface area (Å²) in [6.45, 7) is 4.59. The minimum absolute atomic E-state index is 0.183. The molecule has 242 valence electrons. The van der Waals surface area contributed by atoms with Gasteiger partial charge in [0.25, 0.3) is 0 Å². The molecule has 0 bridgehead atoms. The first-order chi connectivity index (χ1) is 21.6. The molecule has 14 heteroatoms. The van der Waals surface area contributed by atoms with E-state index in [0.29, 0.717) is 96.3 Å². The van der Waals surface area contributed by atoms with Crippen molar-refractivity contribution >= 4 is 44.0 Å². The van der Waals surface area contributed by atoms with Gasteiger partial charge in [0.15, 0.2) is 0 Å². The summed E-state index contributed by atoms with van der Waals surface area (Å²) >= 11 is 0. The summed E-state index contributed by atoms with van der Waals surface area (Å²) in [5.74, 6) is -0.367.